The molecule has 0 aromatic heterocycles. The van der Waals surface area contributed by atoms with E-state index in [1.807, 2.05) is 18.2 Å². The molecule has 1 fully saturated rings. The molecule has 1 aliphatic rings. The number of rotatable bonds is 7. The first kappa shape index (κ1) is 15.8. The monoisotopic (exact) mass is 295 g/mol. The standard InChI is InChI=1S/C17H26ClNO/c1-2-17(14-7-6-8-15(18)13-14)19-11-12-20-16-9-4-3-5-10-16/h6-8,13,16-17,19H,2-5,9-12H2,1H3. The van der Waals surface area contributed by atoms with Crippen LogP contribution in [0, 0.1) is 0 Å². The van der Waals surface area contributed by atoms with Crippen LogP contribution in [0.3, 0.4) is 0 Å². The zero-order chi connectivity index (χ0) is 14.2. The summed E-state index contributed by atoms with van der Waals surface area (Å²) in [4.78, 5) is 0. The lowest BCUT2D eigenvalue weighted by Crippen LogP contribution is -2.27. The van der Waals surface area contributed by atoms with Crippen molar-refractivity contribution in [2.24, 2.45) is 0 Å². The van der Waals surface area contributed by atoms with Gasteiger partial charge in [-0.15, -0.1) is 0 Å². The molecule has 0 amide bonds. The zero-order valence-electron chi connectivity index (χ0n) is 12.4. The van der Waals surface area contributed by atoms with Gasteiger partial charge in [0, 0.05) is 17.6 Å². The normalized spacial score (nSPS) is 18.1. The second kappa shape index (κ2) is 8.66. The molecule has 1 aromatic rings. The van der Waals surface area contributed by atoms with Gasteiger partial charge in [-0.05, 0) is 37.0 Å². The Morgan fingerprint density at radius 2 is 2.10 bits per heavy atom. The molecule has 0 radical (unpaired) electrons. The van der Waals surface area contributed by atoms with Crippen LogP contribution in [0.1, 0.15) is 57.1 Å². The minimum Gasteiger partial charge on any atom is -0.377 e. The van der Waals surface area contributed by atoms with E-state index >= 15 is 0 Å². The molecule has 1 aromatic carbocycles. The van der Waals surface area contributed by atoms with Crippen molar-refractivity contribution in [2.45, 2.75) is 57.6 Å². The third-order valence-electron chi connectivity index (χ3n) is 4.06. The highest BCUT2D eigenvalue weighted by molar-refractivity contribution is 6.30. The summed E-state index contributed by atoms with van der Waals surface area (Å²) in [6.07, 6.45) is 8.08. The van der Waals surface area contributed by atoms with Crippen LogP contribution in [-0.4, -0.2) is 19.3 Å². The molecule has 1 atom stereocenters. The van der Waals surface area contributed by atoms with Crippen LogP contribution >= 0.6 is 11.6 Å². The zero-order valence-corrected chi connectivity index (χ0v) is 13.2. The number of halogens is 1. The second-order valence-electron chi connectivity index (χ2n) is 5.60. The van der Waals surface area contributed by atoms with E-state index in [0.29, 0.717) is 12.1 Å². The van der Waals surface area contributed by atoms with E-state index in [2.05, 4.69) is 18.3 Å². The van der Waals surface area contributed by atoms with Crippen LogP contribution in [0.15, 0.2) is 24.3 Å². The van der Waals surface area contributed by atoms with Gasteiger partial charge >= 0.3 is 0 Å². The maximum Gasteiger partial charge on any atom is 0.0594 e. The highest BCUT2D eigenvalue weighted by Gasteiger charge is 2.14. The quantitative estimate of drug-likeness (QED) is 0.734. The van der Waals surface area contributed by atoms with E-state index in [4.69, 9.17) is 16.3 Å². The molecular weight excluding hydrogens is 270 g/mol. The van der Waals surface area contributed by atoms with Crippen molar-refractivity contribution in [2.75, 3.05) is 13.2 Å². The highest BCUT2D eigenvalue weighted by atomic mass is 35.5. The molecular formula is C17H26ClNO. The Morgan fingerprint density at radius 1 is 1.30 bits per heavy atom. The molecule has 1 aliphatic carbocycles. The predicted octanol–water partition coefficient (Wildman–Crippen LogP) is 4.73. The van der Waals surface area contributed by atoms with Gasteiger partial charge in [0.2, 0.25) is 0 Å². The Balaban J connectivity index is 1.71. The molecule has 3 heteroatoms. The summed E-state index contributed by atoms with van der Waals surface area (Å²) >= 11 is 6.06. The first-order valence-electron chi connectivity index (χ1n) is 7.90. The van der Waals surface area contributed by atoms with Crippen molar-refractivity contribution >= 4 is 11.6 Å². The summed E-state index contributed by atoms with van der Waals surface area (Å²) in [7, 11) is 0. The smallest absolute Gasteiger partial charge is 0.0594 e. The third-order valence-corrected chi connectivity index (χ3v) is 4.29. The van der Waals surface area contributed by atoms with Gasteiger partial charge in [-0.25, -0.2) is 0 Å². The van der Waals surface area contributed by atoms with Crippen LogP contribution in [0.25, 0.3) is 0 Å². The maximum absolute atomic E-state index is 6.06. The van der Waals surface area contributed by atoms with E-state index in [-0.39, 0.29) is 0 Å². The van der Waals surface area contributed by atoms with Crippen LogP contribution < -0.4 is 5.32 Å². The molecule has 0 aliphatic heterocycles. The third kappa shape index (κ3) is 5.08. The van der Waals surface area contributed by atoms with Crippen molar-refractivity contribution in [1.29, 1.82) is 0 Å². The largest absolute Gasteiger partial charge is 0.377 e. The summed E-state index contributed by atoms with van der Waals surface area (Å²) in [5, 5.41) is 4.38. The molecule has 2 rings (SSSR count). The molecule has 0 spiro atoms. The van der Waals surface area contributed by atoms with Crippen LogP contribution in [0.2, 0.25) is 5.02 Å². The van der Waals surface area contributed by atoms with Gasteiger partial charge in [0.25, 0.3) is 0 Å². The number of nitrogens with one attached hydrogen (secondary N) is 1. The molecule has 112 valence electrons. The second-order valence-corrected chi connectivity index (χ2v) is 6.04. The Bertz CT molecular complexity index is 390. The fourth-order valence-electron chi connectivity index (χ4n) is 2.91. The topological polar surface area (TPSA) is 21.3 Å². The average molecular weight is 296 g/mol. The predicted molar refractivity (Wildman–Crippen MR) is 85.3 cm³/mol. The Hall–Kier alpha value is -0.570. The number of hydrogen-bond donors (Lipinski definition) is 1. The van der Waals surface area contributed by atoms with Crippen LogP contribution in [0.4, 0.5) is 0 Å². The van der Waals surface area contributed by atoms with Gasteiger partial charge in [-0.1, -0.05) is 49.9 Å². The van der Waals surface area contributed by atoms with E-state index in [1.165, 1.54) is 37.7 Å². The van der Waals surface area contributed by atoms with Gasteiger partial charge in [0.15, 0.2) is 0 Å². The number of ether oxygens (including phenoxy) is 1. The van der Waals surface area contributed by atoms with Crippen LogP contribution in [0.5, 0.6) is 0 Å². The van der Waals surface area contributed by atoms with Crippen molar-refractivity contribution in [3.8, 4) is 0 Å². The average Bonchev–Trinajstić information content (AvgIpc) is 2.48. The Kier molecular flexibility index (Phi) is 6.85. The lowest BCUT2D eigenvalue weighted by molar-refractivity contribution is 0.0293. The fraction of sp³-hybridized carbons (Fsp3) is 0.647. The molecule has 0 heterocycles. The Labute approximate surface area is 127 Å². The van der Waals surface area contributed by atoms with E-state index in [9.17, 15) is 0 Å². The summed E-state index contributed by atoms with van der Waals surface area (Å²) in [6, 6.07) is 8.48. The molecule has 1 N–H and O–H groups in total. The van der Waals surface area contributed by atoms with Gasteiger partial charge < -0.3 is 10.1 Å². The lowest BCUT2D eigenvalue weighted by Gasteiger charge is -2.23. The molecule has 0 bridgehead atoms. The van der Waals surface area contributed by atoms with Crippen molar-refractivity contribution in [1.82, 2.24) is 5.32 Å². The summed E-state index contributed by atoms with van der Waals surface area (Å²) < 4.78 is 5.95. The first-order valence-corrected chi connectivity index (χ1v) is 8.28. The van der Waals surface area contributed by atoms with Crippen molar-refractivity contribution in [3.63, 3.8) is 0 Å². The van der Waals surface area contributed by atoms with Crippen LogP contribution in [-0.2, 0) is 4.74 Å². The minimum atomic E-state index is 0.364. The fourth-order valence-corrected chi connectivity index (χ4v) is 3.11. The summed E-state index contributed by atoms with van der Waals surface area (Å²) in [5.74, 6) is 0. The van der Waals surface area contributed by atoms with Crippen molar-refractivity contribution < 1.29 is 4.74 Å². The number of hydrogen-bond acceptors (Lipinski definition) is 2. The molecule has 1 unspecified atom stereocenters. The minimum absolute atomic E-state index is 0.364. The van der Waals surface area contributed by atoms with Gasteiger partial charge in [0.05, 0.1) is 12.7 Å². The van der Waals surface area contributed by atoms with E-state index in [1.54, 1.807) is 0 Å². The molecule has 0 saturated heterocycles. The first-order chi connectivity index (χ1) is 9.79. The highest BCUT2D eigenvalue weighted by Crippen LogP contribution is 2.21. The van der Waals surface area contributed by atoms with Gasteiger partial charge in [-0.3, -0.25) is 0 Å². The summed E-state index contributed by atoms with van der Waals surface area (Å²) in [5.41, 5.74) is 1.26. The van der Waals surface area contributed by atoms with Gasteiger partial charge in [-0.2, -0.15) is 0 Å². The maximum atomic E-state index is 6.06. The number of benzene rings is 1. The van der Waals surface area contributed by atoms with Crippen molar-refractivity contribution in [3.05, 3.63) is 34.9 Å². The van der Waals surface area contributed by atoms with Gasteiger partial charge in [0.1, 0.15) is 0 Å². The summed E-state index contributed by atoms with van der Waals surface area (Å²) in [6.45, 7) is 3.91. The van der Waals surface area contributed by atoms with E-state index < -0.39 is 0 Å². The van der Waals surface area contributed by atoms with E-state index in [0.717, 1.165) is 24.6 Å². The SMILES string of the molecule is CCC(NCCOC1CCCCC1)c1cccc(Cl)c1. The Morgan fingerprint density at radius 3 is 2.80 bits per heavy atom. The molecule has 20 heavy (non-hydrogen) atoms. The molecule has 1 saturated carbocycles. The molecule has 2 nitrogen and oxygen atoms in total. The lowest BCUT2D eigenvalue weighted by atomic mass is 9.98.